The maximum Gasteiger partial charge on any atom is 0.193 e. The van der Waals surface area contributed by atoms with Crippen LogP contribution in [0.4, 0.5) is 5.69 Å². The Hall–Kier alpha value is -2.49. The first-order valence-electron chi connectivity index (χ1n) is 8.00. The number of aliphatic imine (C=N–C) groups is 1. The van der Waals surface area contributed by atoms with Crippen molar-refractivity contribution in [3.63, 3.8) is 0 Å². The lowest BCUT2D eigenvalue weighted by atomic mass is 10.1. The molecule has 0 spiro atoms. The minimum Gasteiger partial charge on any atom is -0.497 e. The maximum absolute atomic E-state index is 5.94. The lowest BCUT2D eigenvalue weighted by Gasteiger charge is -2.07. The van der Waals surface area contributed by atoms with E-state index in [2.05, 4.69) is 41.5 Å². The fourth-order valence-corrected chi connectivity index (χ4v) is 2.37. The SMILES string of the molecule is CCc1cccc(NC(N)=NCCCc2cccc(OC)c2)c1. The number of guanidine groups is 1. The fraction of sp³-hybridized carbons (Fsp3) is 0.316. The maximum atomic E-state index is 5.94. The Morgan fingerprint density at radius 1 is 1.13 bits per heavy atom. The van der Waals surface area contributed by atoms with E-state index in [9.17, 15) is 0 Å². The summed E-state index contributed by atoms with van der Waals surface area (Å²) in [5, 5.41) is 3.14. The largest absolute Gasteiger partial charge is 0.497 e. The molecule has 0 saturated carbocycles. The number of anilines is 1. The lowest BCUT2D eigenvalue weighted by molar-refractivity contribution is 0.414. The fourth-order valence-electron chi connectivity index (χ4n) is 2.37. The zero-order valence-corrected chi connectivity index (χ0v) is 13.9. The summed E-state index contributed by atoms with van der Waals surface area (Å²) in [6, 6.07) is 16.3. The average Bonchev–Trinajstić information content (AvgIpc) is 2.59. The molecule has 0 aromatic heterocycles. The van der Waals surface area contributed by atoms with Crippen LogP contribution in [0.3, 0.4) is 0 Å². The van der Waals surface area contributed by atoms with Crippen molar-refractivity contribution < 1.29 is 4.74 Å². The molecule has 23 heavy (non-hydrogen) atoms. The summed E-state index contributed by atoms with van der Waals surface area (Å²) < 4.78 is 5.23. The molecule has 0 aliphatic carbocycles. The van der Waals surface area contributed by atoms with Crippen LogP contribution >= 0.6 is 0 Å². The van der Waals surface area contributed by atoms with Crippen LogP contribution < -0.4 is 15.8 Å². The number of nitrogens with two attached hydrogens (primary N) is 1. The van der Waals surface area contributed by atoms with Gasteiger partial charge in [0.2, 0.25) is 0 Å². The van der Waals surface area contributed by atoms with Crippen LogP contribution in [0, 0.1) is 0 Å². The van der Waals surface area contributed by atoms with Crippen LogP contribution in [-0.4, -0.2) is 19.6 Å². The van der Waals surface area contributed by atoms with Crippen LogP contribution in [0.1, 0.15) is 24.5 Å². The Bertz CT molecular complexity index is 653. The highest BCUT2D eigenvalue weighted by molar-refractivity contribution is 5.92. The number of rotatable bonds is 7. The van der Waals surface area contributed by atoms with Gasteiger partial charge in [-0.1, -0.05) is 31.2 Å². The van der Waals surface area contributed by atoms with E-state index in [0.717, 1.165) is 30.7 Å². The quantitative estimate of drug-likeness (QED) is 0.466. The second-order valence-electron chi connectivity index (χ2n) is 5.40. The third kappa shape index (κ3) is 5.66. The van der Waals surface area contributed by atoms with E-state index in [1.54, 1.807) is 7.11 Å². The van der Waals surface area contributed by atoms with Gasteiger partial charge in [0.05, 0.1) is 7.11 Å². The molecule has 0 unspecified atom stereocenters. The molecular formula is C19H25N3O. The first-order chi connectivity index (χ1) is 11.2. The molecule has 0 saturated heterocycles. The highest BCUT2D eigenvalue weighted by Gasteiger charge is 1.98. The number of benzene rings is 2. The Labute approximate surface area is 138 Å². The molecule has 4 heteroatoms. The molecular weight excluding hydrogens is 286 g/mol. The molecule has 0 aliphatic heterocycles. The third-order valence-electron chi connectivity index (χ3n) is 3.65. The van der Waals surface area contributed by atoms with Crippen LogP contribution in [0.2, 0.25) is 0 Å². The average molecular weight is 311 g/mol. The first-order valence-corrected chi connectivity index (χ1v) is 8.00. The molecule has 0 atom stereocenters. The number of hydrogen-bond donors (Lipinski definition) is 2. The Balaban J connectivity index is 1.80. The number of methoxy groups -OCH3 is 1. The first kappa shape index (κ1) is 16.9. The normalized spacial score (nSPS) is 11.3. The predicted octanol–water partition coefficient (Wildman–Crippen LogP) is 3.62. The van der Waals surface area contributed by atoms with Crippen molar-refractivity contribution in [1.82, 2.24) is 0 Å². The summed E-state index contributed by atoms with van der Waals surface area (Å²) in [4.78, 5) is 4.38. The van der Waals surface area contributed by atoms with Crippen molar-refractivity contribution in [2.45, 2.75) is 26.2 Å². The van der Waals surface area contributed by atoms with Crippen LogP contribution in [0.25, 0.3) is 0 Å². The molecule has 122 valence electrons. The Morgan fingerprint density at radius 2 is 1.91 bits per heavy atom. The molecule has 3 N–H and O–H groups in total. The minimum atomic E-state index is 0.462. The van der Waals surface area contributed by atoms with Gasteiger partial charge in [-0.25, -0.2) is 0 Å². The molecule has 2 aromatic rings. The second kappa shape index (κ2) is 8.83. The van der Waals surface area contributed by atoms with Gasteiger partial charge in [0.15, 0.2) is 5.96 Å². The van der Waals surface area contributed by atoms with E-state index < -0.39 is 0 Å². The molecule has 0 heterocycles. The van der Waals surface area contributed by atoms with Crippen molar-refractivity contribution >= 4 is 11.6 Å². The zero-order valence-electron chi connectivity index (χ0n) is 13.9. The van der Waals surface area contributed by atoms with E-state index in [1.807, 2.05) is 24.3 Å². The zero-order chi connectivity index (χ0) is 16.5. The number of ether oxygens (including phenoxy) is 1. The standard InChI is InChI=1S/C19H25N3O/c1-3-15-7-4-10-17(13-15)22-19(20)21-12-6-9-16-8-5-11-18(14-16)23-2/h4-5,7-8,10-11,13-14H,3,6,9,12H2,1-2H3,(H3,20,21,22). The van der Waals surface area contributed by atoms with Crippen LogP contribution in [0.5, 0.6) is 5.75 Å². The van der Waals surface area contributed by atoms with Gasteiger partial charge < -0.3 is 15.8 Å². The predicted molar refractivity (Wildman–Crippen MR) is 97.2 cm³/mol. The summed E-state index contributed by atoms with van der Waals surface area (Å²) in [5.74, 6) is 1.35. The number of nitrogens with one attached hydrogen (secondary N) is 1. The highest BCUT2D eigenvalue weighted by Crippen LogP contribution is 2.14. The monoisotopic (exact) mass is 311 g/mol. The molecule has 0 bridgehead atoms. The topological polar surface area (TPSA) is 59.6 Å². The molecule has 0 fully saturated rings. The van der Waals surface area contributed by atoms with E-state index in [4.69, 9.17) is 10.5 Å². The molecule has 4 nitrogen and oxygen atoms in total. The Morgan fingerprint density at radius 3 is 2.70 bits per heavy atom. The van der Waals surface area contributed by atoms with E-state index in [0.29, 0.717) is 12.5 Å². The van der Waals surface area contributed by atoms with Gasteiger partial charge in [-0.3, -0.25) is 4.99 Å². The van der Waals surface area contributed by atoms with E-state index >= 15 is 0 Å². The second-order valence-corrected chi connectivity index (χ2v) is 5.40. The summed E-state index contributed by atoms with van der Waals surface area (Å²) in [7, 11) is 1.68. The van der Waals surface area contributed by atoms with Gasteiger partial charge in [-0.2, -0.15) is 0 Å². The minimum absolute atomic E-state index is 0.462. The summed E-state index contributed by atoms with van der Waals surface area (Å²) >= 11 is 0. The highest BCUT2D eigenvalue weighted by atomic mass is 16.5. The summed E-state index contributed by atoms with van der Waals surface area (Å²) in [6.45, 7) is 2.83. The third-order valence-corrected chi connectivity index (χ3v) is 3.65. The van der Waals surface area contributed by atoms with Gasteiger partial charge in [-0.05, 0) is 54.7 Å². The van der Waals surface area contributed by atoms with Gasteiger partial charge in [0.25, 0.3) is 0 Å². The van der Waals surface area contributed by atoms with Crippen LogP contribution in [-0.2, 0) is 12.8 Å². The van der Waals surface area contributed by atoms with E-state index in [1.165, 1.54) is 11.1 Å². The van der Waals surface area contributed by atoms with Crippen LogP contribution in [0.15, 0.2) is 53.5 Å². The number of aryl methyl sites for hydroxylation is 2. The molecule has 2 rings (SSSR count). The van der Waals surface area contributed by atoms with Gasteiger partial charge in [0.1, 0.15) is 5.75 Å². The summed E-state index contributed by atoms with van der Waals surface area (Å²) in [5.41, 5.74) is 9.46. The van der Waals surface area contributed by atoms with Crippen molar-refractivity contribution in [3.8, 4) is 5.75 Å². The molecule has 0 aliphatic rings. The molecule has 0 amide bonds. The van der Waals surface area contributed by atoms with Gasteiger partial charge >= 0.3 is 0 Å². The lowest BCUT2D eigenvalue weighted by Crippen LogP contribution is -2.23. The number of nitrogens with zero attached hydrogens (tertiary/aromatic N) is 1. The van der Waals surface area contributed by atoms with Gasteiger partial charge in [0, 0.05) is 12.2 Å². The summed E-state index contributed by atoms with van der Waals surface area (Å²) in [6.07, 6.45) is 2.91. The van der Waals surface area contributed by atoms with Crippen molar-refractivity contribution in [1.29, 1.82) is 0 Å². The van der Waals surface area contributed by atoms with Gasteiger partial charge in [-0.15, -0.1) is 0 Å². The molecule has 0 radical (unpaired) electrons. The molecule has 2 aromatic carbocycles. The smallest absolute Gasteiger partial charge is 0.193 e. The Kier molecular flexibility index (Phi) is 6.48. The van der Waals surface area contributed by atoms with E-state index in [-0.39, 0.29) is 0 Å². The van der Waals surface area contributed by atoms with Crippen molar-refractivity contribution in [3.05, 3.63) is 59.7 Å². The number of hydrogen-bond acceptors (Lipinski definition) is 2. The van der Waals surface area contributed by atoms with Crippen molar-refractivity contribution in [2.75, 3.05) is 19.0 Å². The van der Waals surface area contributed by atoms with Crippen molar-refractivity contribution in [2.24, 2.45) is 10.7 Å².